The highest BCUT2D eigenvalue weighted by atomic mass is 19.1. The molecule has 1 aromatic rings. The van der Waals surface area contributed by atoms with E-state index in [0.717, 1.165) is 25.5 Å². The van der Waals surface area contributed by atoms with Crippen LogP contribution in [0.4, 0.5) is 8.78 Å². The second kappa shape index (κ2) is 4.89. The molecular weight excluding hydrogens is 212 g/mol. The van der Waals surface area contributed by atoms with Crippen LogP contribution in [0.25, 0.3) is 0 Å². The summed E-state index contributed by atoms with van der Waals surface area (Å²) in [5, 5.41) is 12.2. The molecule has 0 saturated heterocycles. The molecule has 0 atom stereocenters. The average Bonchev–Trinajstić information content (AvgIpc) is 2.13. The number of hydrogen-bond acceptors (Lipinski definition) is 2. The Balaban J connectivity index is 1.76. The summed E-state index contributed by atoms with van der Waals surface area (Å²) in [5.41, 5.74) is 0.609. The maximum Gasteiger partial charge on any atom is 0.126 e. The second-order valence-corrected chi connectivity index (χ2v) is 4.40. The third-order valence-corrected chi connectivity index (χ3v) is 2.90. The Bertz CT molecular complexity index is 344. The van der Waals surface area contributed by atoms with Crippen molar-refractivity contribution in [1.82, 2.24) is 5.32 Å². The molecule has 2 nitrogen and oxygen atoms in total. The lowest BCUT2D eigenvalue weighted by molar-refractivity contribution is 0.0430. The zero-order chi connectivity index (χ0) is 11.5. The maximum atomic E-state index is 12.8. The number of aliphatic hydroxyl groups is 1. The molecule has 1 aliphatic carbocycles. The van der Waals surface area contributed by atoms with Crippen molar-refractivity contribution in [2.75, 3.05) is 6.54 Å². The van der Waals surface area contributed by atoms with Gasteiger partial charge in [-0.1, -0.05) is 0 Å². The van der Waals surface area contributed by atoms with Crippen molar-refractivity contribution in [3.05, 3.63) is 35.4 Å². The molecule has 0 bridgehead atoms. The third-order valence-electron chi connectivity index (χ3n) is 2.90. The van der Waals surface area contributed by atoms with Crippen LogP contribution in [-0.2, 0) is 6.54 Å². The van der Waals surface area contributed by atoms with E-state index >= 15 is 0 Å². The number of nitrogens with one attached hydrogen (secondary N) is 1. The zero-order valence-corrected chi connectivity index (χ0v) is 8.92. The minimum absolute atomic E-state index is 0.154. The molecule has 4 heteroatoms. The van der Waals surface area contributed by atoms with E-state index in [4.69, 9.17) is 5.11 Å². The van der Waals surface area contributed by atoms with E-state index in [9.17, 15) is 8.78 Å². The average molecular weight is 227 g/mol. The van der Waals surface area contributed by atoms with E-state index in [0.29, 0.717) is 18.0 Å². The van der Waals surface area contributed by atoms with Gasteiger partial charge in [-0.2, -0.15) is 0 Å². The topological polar surface area (TPSA) is 32.3 Å². The van der Waals surface area contributed by atoms with Gasteiger partial charge >= 0.3 is 0 Å². The highest BCUT2D eigenvalue weighted by molar-refractivity contribution is 5.17. The molecule has 0 unspecified atom stereocenters. The van der Waals surface area contributed by atoms with Gasteiger partial charge in [0, 0.05) is 12.6 Å². The van der Waals surface area contributed by atoms with Gasteiger partial charge in [0.05, 0.1) is 6.10 Å². The molecule has 0 radical (unpaired) electrons. The molecule has 1 aliphatic rings. The lowest BCUT2D eigenvalue weighted by atomic mass is 9.82. The SMILES string of the molecule is OC1CC(CNCc2cc(F)cc(F)c2)C1. The summed E-state index contributed by atoms with van der Waals surface area (Å²) in [6, 6.07) is 3.52. The smallest absolute Gasteiger partial charge is 0.126 e. The van der Waals surface area contributed by atoms with E-state index in [1.54, 1.807) is 0 Å². The maximum absolute atomic E-state index is 12.8. The molecule has 1 saturated carbocycles. The quantitative estimate of drug-likeness (QED) is 0.822. The first-order valence-electron chi connectivity index (χ1n) is 5.47. The fourth-order valence-corrected chi connectivity index (χ4v) is 2.00. The van der Waals surface area contributed by atoms with Crippen molar-refractivity contribution in [3.8, 4) is 0 Å². The van der Waals surface area contributed by atoms with Crippen molar-refractivity contribution in [2.24, 2.45) is 5.92 Å². The first-order chi connectivity index (χ1) is 7.63. The molecule has 88 valence electrons. The van der Waals surface area contributed by atoms with Crippen molar-refractivity contribution >= 4 is 0 Å². The molecule has 0 spiro atoms. The Morgan fingerprint density at radius 1 is 1.19 bits per heavy atom. The Morgan fingerprint density at radius 3 is 2.38 bits per heavy atom. The fraction of sp³-hybridized carbons (Fsp3) is 0.500. The van der Waals surface area contributed by atoms with Crippen LogP contribution in [-0.4, -0.2) is 17.8 Å². The van der Waals surface area contributed by atoms with Gasteiger partial charge in [-0.25, -0.2) is 8.78 Å². The van der Waals surface area contributed by atoms with Gasteiger partial charge in [0.1, 0.15) is 11.6 Å². The van der Waals surface area contributed by atoms with Crippen LogP contribution >= 0.6 is 0 Å². The minimum Gasteiger partial charge on any atom is -0.393 e. The predicted molar refractivity (Wildman–Crippen MR) is 56.8 cm³/mol. The molecule has 0 aliphatic heterocycles. The van der Waals surface area contributed by atoms with Crippen LogP contribution in [0.5, 0.6) is 0 Å². The van der Waals surface area contributed by atoms with Crippen LogP contribution in [0.15, 0.2) is 18.2 Å². The van der Waals surface area contributed by atoms with Crippen LogP contribution < -0.4 is 5.32 Å². The van der Waals surface area contributed by atoms with Crippen molar-refractivity contribution in [1.29, 1.82) is 0 Å². The molecule has 0 heterocycles. The summed E-state index contributed by atoms with van der Waals surface area (Å²) >= 11 is 0. The summed E-state index contributed by atoms with van der Waals surface area (Å²) in [6.45, 7) is 1.25. The largest absolute Gasteiger partial charge is 0.393 e. The van der Waals surface area contributed by atoms with Gasteiger partial charge in [-0.3, -0.25) is 0 Å². The summed E-state index contributed by atoms with van der Waals surface area (Å²) in [5.74, 6) is -0.597. The summed E-state index contributed by atoms with van der Waals surface area (Å²) < 4.78 is 25.7. The molecule has 2 N–H and O–H groups in total. The van der Waals surface area contributed by atoms with Crippen LogP contribution in [0, 0.1) is 17.6 Å². The van der Waals surface area contributed by atoms with Crippen molar-refractivity contribution in [3.63, 3.8) is 0 Å². The third kappa shape index (κ3) is 3.00. The molecule has 0 aromatic heterocycles. The number of halogens is 2. The zero-order valence-electron chi connectivity index (χ0n) is 8.92. The lowest BCUT2D eigenvalue weighted by Crippen LogP contribution is -2.35. The van der Waals surface area contributed by atoms with E-state index in [1.807, 2.05) is 0 Å². The first-order valence-corrected chi connectivity index (χ1v) is 5.47. The summed E-state index contributed by atoms with van der Waals surface area (Å²) in [7, 11) is 0. The highest BCUT2D eigenvalue weighted by Gasteiger charge is 2.26. The number of rotatable bonds is 4. The monoisotopic (exact) mass is 227 g/mol. The summed E-state index contributed by atoms with van der Waals surface area (Å²) in [4.78, 5) is 0. The number of aliphatic hydroxyl groups excluding tert-OH is 1. The molecule has 16 heavy (non-hydrogen) atoms. The van der Waals surface area contributed by atoms with Gasteiger partial charge < -0.3 is 10.4 Å². The minimum atomic E-state index is -0.545. The van der Waals surface area contributed by atoms with E-state index in [1.165, 1.54) is 12.1 Å². The van der Waals surface area contributed by atoms with Gasteiger partial charge in [0.2, 0.25) is 0 Å². The van der Waals surface area contributed by atoms with Gasteiger partial charge in [0.25, 0.3) is 0 Å². The molecule has 1 fully saturated rings. The molecule has 1 aromatic carbocycles. The van der Waals surface area contributed by atoms with Crippen LogP contribution in [0.1, 0.15) is 18.4 Å². The van der Waals surface area contributed by atoms with Crippen LogP contribution in [0.3, 0.4) is 0 Å². The normalized spacial score (nSPS) is 24.2. The lowest BCUT2D eigenvalue weighted by Gasteiger charge is -2.31. The number of hydrogen-bond donors (Lipinski definition) is 2. The van der Waals surface area contributed by atoms with Crippen LogP contribution in [0.2, 0.25) is 0 Å². The Labute approximate surface area is 93.3 Å². The van der Waals surface area contributed by atoms with Gasteiger partial charge in [-0.05, 0) is 43.0 Å². The van der Waals surface area contributed by atoms with E-state index < -0.39 is 11.6 Å². The Kier molecular flexibility index (Phi) is 3.51. The first kappa shape index (κ1) is 11.5. The molecule has 0 amide bonds. The summed E-state index contributed by atoms with van der Waals surface area (Å²) in [6.07, 6.45) is 1.49. The molecular formula is C12H15F2NO. The predicted octanol–water partition coefficient (Wildman–Crippen LogP) is 1.83. The van der Waals surface area contributed by atoms with Crippen molar-refractivity contribution in [2.45, 2.75) is 25.5 Å². The van der Waals surface area contributed by atoms with E-state index in [2.05, 4.69) is 5.32 Å². The number of benzene rings is 1. The van der Waals surface area contributed by atoms with Gasteiger partial charge in [-0.15, -0.1) is 0 Å². The highest BCUT2D eigenvalue weighted by Crippen LogP contribution is 2.26. The van der Waals surface area contributed by atoms with Gasteiger partial charge in [0.15, 0.2) is 0 Å². The fourth-order valence-electron chi connectivity index (χ4n) is 2.00. The van der Waals surface area contributed by atoms with Crippen molar-refractivity contribution < 1.29 is 13.9 Å². The second-order valence-electron chi connectivity index (χ2n) is 4.40. The Hall–Kier alpha value is -1.00. The van der Waals surface area contributed by atoms with E-state index in [-0.39, 0.29) is 6.10 Å². The standard InChI is InChI=1S/C12H15F2NO/c13-10-1-8(2-11(14)5-10)6-15-7-9-3-12(16)4-9/h1-2,5,9,12,15-16H,3-4,6-7H2. The Morgan fingerprint density at radius 2 is 1.81 bits per heavy atom. The molecule has 2 rings (SSSR count).